The molecule has 2 aliphatic rings. The van der Waals surface area contributed by atoms with Gasteiger partial charge in [-0.15, -0.1) is 0 Å². The molecule has 0 radical (unpaired) electrons. The minimum atomic E-state index is -0.461. The number of carbonyl (C=O) groups is 1. The summed E-state index contributed by atoms with van der Waals surface area (Å²) in [4.78, 5) is 23.9. The van der Waals surface area contributed by atoms with Crippen LogP contribution in [0, 0.1) is 5.82 Å². The smallest absolute Gasteiger partial charge is 0.319 e. The van der Waals surface area contributed by atoms with Gasteiger partial charge in [-0.25, -0.2) is 19.2 Å². The second-order valence-corrected chi connectivity index (χ2v) is 11.1. The van der Waals surface area contributed by atoms with Crippen molar-refractivity contribution in [3.8, 4) is 28.9 Å². The highest BCUT2D eigenvalue weighted by Crippen LogP contribution is 2.48. The molecule has 2 amide bonds. The van der Waals surface area contributed by atoms with Crippen LogP contribution >= 0.6 is 11.6 Å². The number of benzene rings is 3. The number of likely N-dealkylation sites (tertiary alicyclic amines) is 1. The Bertz CT molecular complexity index is 1630. The van der Waals surface area contributed by atoms with E-state index in [9.17, 15) is 9.18 Å². The summed E-state index contributed by atoms with van der Waals surface area (Å²) in [7, 11) is 0. The normalized spacial score (nSPS) is 15.2. The molecule has 44 heavy (non-hydrogen) atoms. The fourth-order valence-corrected chi connectivity index (χ4v) is 5.52. The van der Waals surface area contributed by atoms with Crippen molar-refractivity contribution in [1.82, 2.24) is 20.2 Å². The molecule has 0 aliphatic carbocycles. The first-order valence-corrected chi connectivity index (χ1v) is 15.1. The Morgan fingerprint density at radius 2 is 1.84 bits per heavy atom. The minimum absolute atomic E-state index is 0.261. The molecule has 230 valence electrons. The van der Waals surface area contributed by atoms with Gasteiger partial charge in [-0.2, -0.15) is 0 Å². The van der Waals surface area contributed by atoms with Crippen LogP contribution in [-0.4, -0.2) is 60.4 Å². The van der Waals surface area contributed by atoms with Gasteiger partial charge in [-0.05, 0) is 69.1 Å². The van der Waals surface area contributed by atoms with E-state index in [1.165, 1.54) is 31.3 Å². The van der Waals surface area contributed by atoms with Crippen LogP contribution in [0.4, 0.5) is 14.9 Å². The fourth-order valence-electron chi connectivity index (χ4n) is 5.31. The third-order valence-electron chi connectivity index (χ3n) is 7.54. The average molecular weight is 622 g/mol. The van der Waals surface area contributed by atoms with Crippen molar-refractivity contribution in [3.05, 3.63) is 71.3 Å². The molecule has 1 aromatic heterocycles. The first-order chi connectivity index (χ1) is 21.4. The van der Waals surface area contributed by atoms with E-state index in [1.54, 1.807) is 37.3 Å². The Labute approximate surface area is 259 Å². The number of carbonyl (C=O) groups excluding carboxylic acids is 1. The highest BCUT2D eigenvalue weighted by Gasteiger charge is 2.25. The van der Waals surface area contributed by atoms with Gasteiger partial charge in [0.15, 0.2) is 11.5 Å². The molecule has 10 nitrogen and oxygen atoms in total. The van der Waals surface area contributed by atoms with Crippen molar-refractivity contribution >= 4 is 34.2 Å². The summed E-state index contributed by atoms with van der Waals surface area (Å²) in [5.41, 5.74) is 1.74. The largest absolute Gasteiger partial charge is 0.489 e. The molecule has 12 heteroatoms. The second-order valence-electron chi connectivity index (χ2n) is 10.7. The van der Waals surface area contributed by atoms with Gasteiger partial charge in [-0.3, -0.25) is 0 Å². The number of halogens is 2. The zero-order valence-electron chi connectivity index (χ0n) is 24.3. The standard InChI is InChI=1S/C32H33ClFN5O5/c1-20(21-5-7-22(34)8-6-21)37-32(40)38-25-10-9-23(17-24(25)33)44-31-28-26(35-19-36-31)18-27(29-30(28)43-16-15-42-29)41-14-4-13-39-11-2-3-12-39/h5-10,17-20H,2-4,11-16H2,1H3,(H2,37,38,40)/t20-/m1/s1. The number of nitrogens with zero attached hydrogens (tertiary/aromatic N) is 3. The number of aromatic nitrogens is 2. The number of rotatable bonds is 10. The molecule has 3 heterocycles. The first-order valence-electron chi connectivity index (χ1n) is 14.7. The number of hydrogen-bond donors (Lipinski definition) is 2. The SMILES string of the molecule is C[C@@H](NC(=O)Nc1ccc(Oc2ncnc3cc(OCCCN4CCCC4)c4c(c23)OCCO4)cc1Cl)c1ccc(F)cc1. The van der Waals surface area contributed by atoms with Crippen molar-refractivity contribution in [2.75, 3.05) is 44.8 Å². The highest BCUT2D eigenvalue weighted by atomic mass is 35.5. The molecular weight excluding hydrogens is 589 g/mol. The van der Waals surface area contributed by atoms with Crippen LogP contribution in [0.3, 0.4) is 0 Å². The summed E-state index contributed by atoms with van der Waals surface area (Å²) in [6.07, 6.45) is 4.84. The molecule has 2 aliphatic heterocycles. The monoisotopic (exact) mass is 621 g/mol. The maximum atomic E-state index is 13.2. The van der Waals surface area contributed by atoms with E-state index in [1.807, 2.05) is 6.07 Å². The lowest BCUT2D eigenvalue weighted by Crippen LogP contribution is -2.31. The van der Waals surface area contributed by atoms with E-state index in [0.717, 1.165) is 31.6 Å². The van der Waals surface area contributed by atoms with Gasteiger partial charge < -0.3 is 34.5 Å². The Morgan fingerprint density at radius 1 is 1.07 bits per heavy atom. The third kappa shape index (κ3) is 6.89. The van der Waals surface area contributed by atoms with Gasteiger partial charge >= 0.3 is 6.03 Å². The molecule has 0 unspecified atom stereocenters. The fraction of sp³-hybridized carbons (Fsp3) is 0.344. The molecule has 1 saturated heterocycles. The van der Waals surface area contributed by atoms with Crippen LogP contribution in [0.1, 0.15) is 37.8 Å². The Balaban J connectivity index is 1.15. The van der Waals surface area contributed by atoms with Crippen LogP contribution in [0.25, 0.3) is 10.9 Å². The summed E-state index contributed by atoms with van der Waals surface area (Å²) in [5.74, 6) is 1.86. The van der Waals surface area contributed by atoms with E-state index >= 15 is 0 Å². The number of hydrogen-bond acceptors (Lipinski definition) is 8. The summed E-state index contributed by atoms with van der Waals surface area (Å²) in [5, 5.41) is 6.36. The summed E-state index contributed by atoms with van der Waals surface area (Å²) in [6, 6.07) is 11.8. The van der Waals surface area contributed by atoms with Crippen LogP contribution in [0.5, 0.6) is 28.9 Å². The van der Waals surface area contributed by atoms with Crippen molar-refractivity contribution < 1.29 is 28.1 Å². The zero-order valence-corrected chi connectivity index (χ0v) is 25.0. The third-order valence-corrected chi connectivity index (χ3v) is 7.85. The van der Waals surface area contributed by atoms with E-state index in [0.29, 0.717) is 59.4 Å². The molecule has 0 bridgehead atoms. The van der Waals surface area contributed by atoms with Crippen LogP contribution in [0.15, 0.2) is 54.9 Å². The van der Waals surface area contributed by atoms with Gasteiger partial charge in [0, 0.05) is 18.7 Å². The molecule has 0 spiro atoms. The van der Waals surface area contributed by atoms with Crippen molar-refractivity contribution in [2.24, 2.45) is 0 Å². The van der Waals surface area contributed by atoms with Crippen LogP contribution < -0.4 is 29.6 Å². The highest BCUT2D eigenvalue weighted by molar-refractivity contribution is 6.33. The minimum Gasteiger partial charge on any atom is -0.489 e. The van der Waals surface area contributed by atoms with Crippen LogP contribution in [-0.2, 0) is 0 Å². The lowest BCUT2D eigenvalue weighted by atomic mass is 10.1. The van der Waals surface area contributed by atoms with Gasteiger partial charge in [-0.1, -0.05) is 23.7 Å². The molecular formula is C32H33ClFN5O5. The maximum Gasteiger partial charge on any atom is 0.319 e. The van der Waals surface area contributed by atoms with E-state index in [4.69, 9.17) is 30.5 Å². The number of urea groups is 1. The second kappa shape index (κ2) is 13.5. The maximum absolute atomic E-state index is 13.2. The lowest BCUT2D eigenvalue weighted by Gasteiger charge is -2.23. The molecule has 6 rings (SSSR count). The average Bonchev–Trinajstić information content (AvgIpc) is 3.54. The summed E-state index contributed by atoms with van der Waals surface area (Å²) in [6.45, 7) is 6.42. The van der Waals surface area contributed by atoms with Crippen molar-refractivity contribution in [2.45, 2.75) is 32.2 Å². The van der Waals surface area contributed by atoms with Gasteiger partial charge in [0.2, 0.25) is 11.6 Å². The number of fused-ring (bicyclic) bond motifs is 3. The van der Waals surface area contributed by atoms with Gasteiger partial charge in [0.1, 0.15) is 36.5 Å². The molecule has 2 N–H and O–H groups in total. The molecule has 3 aromatic carbocycles. The summed E-state index contributed by atoms with van der Waals surface area (Å²) < 4.78 is 37.5. The lowest BCUT2D eigenvalue weighted by molar-refractivity contribution is 0.162. The number of nitrogens with one attached hydrogen (secondary N) is 2. The van der Waals surface area contributed by atoms with Crippen molar-refractivity contribution in [1.29, 1.82) is 0 Å². The summed E-state index contributed by atoms with van der Waals surface area (Å²) >= 11 is 6.51. The zero-order chi connectivity index (χ0) is 30.5. The van der Waals surface area contributed by atoms with E-state index < -0.39 is 6.03 Å². The quantitative estimate of drug-likeness (QED) is 0.188. The molecule has 0 saturated carbocycles. The van der Waals surface area contributed by atoms with Gasteiger partial charge in [0.25, 0.3) is 0 Å². The predicted molar refractivity (Wildman–Crippen MR) is 165 cm³/mol. The predicted octanol–water partition coefficient (Wildman–Crippen LogP) is 6.73. The Hall–Kier alpha value is -4.35. The number of amides is 2. The number of anilines is 1. The molecule has 4 aromatic rings. The molecule has 1 atom stereocenters. The van der Waals surface area contributed by atoms with Crippen molar-refractivity contribution in [3.63, 3.8) is 0 Å². The van der Waals surface area contributed by atoms with Crippen LogP contribution in [0.2, 0.25) is 5.02 Å². The van der Waals surface area contributed by atoms with Gasteiger partial charge in [0.05, 0.1) is 28.9 Å². The Kier molecular flexibility index (Phi) is 9.13. The first kappa shape index (κ1) is 29.7. The topological polar surface area (TPSA) is 107 Å². The number of ether oxygens (including phenoxy) is 4. The Morgan fingerprint density at radius 3 is 2.61 bits per heavy atom. The van der Waals surface area contributed by atoms with E-state index in [-0.39, 0.29) is 22.8 Å². The van der Waals surface area contributed by atoms with E-state index in [2.05, 4.69) is 25.5 Å². The molecule has 1 fully saturated rings.